The van der Waals surface area contributed by atoms with Crippen LogP contribution < -0.4 is 0 Å². The van der Waals surface area contributed by atoms with Crippen molar-refractivity contribution >= 4 is 11.9 Å². The van der Waals surface area contributed by atoms with E-state index in [4.69, 9.17) is 9.47 Å². The standard InChI is InChI=1S/C12H14O6/c1-4(7-9(13)5(2)17-11(7)15)8-10(14)6(3)18-12(8)16/h4-6,13-14H,1-3H3. The molecule has 0 fully saturated rings. The van der Waals surface area contributed by atoms with Crippen molar-refractivity contribution in [3.63, 3.8) is 0 Å². The van der Waals surface area contributed by atoms with E-state index in [0.717, 1.165) is 0 Å². The summed E-state index contributed by atoms with van der Waals surface area (Å²) in [7, 11) is 0. The molecule has 6 heteroatoms. The number of carbonyl (C=O) groups excluding carboxylic acids is 2. The third kappa shape index (κ3) is 1.64. The van der Waals surface area contributed by atoms with Crippen molar-refractivity contribution in [1.82, 2.24) is 0 Å². The van der Waals surface area contributed by atoms with E-state index in [1.807, 2.05) is 0 Å². The Morgan fingerprint density at radius 2 is 1.28 bits per heavy atom. The highest BCUT2D eigenvalue weighted by atomic mass is 16.6. The topological polar surface area (TPSA) is 93.1 Å². The van der Waals surface area contributed by atoms with Crippen LogP contribution in [0.15, 0.2) is 22.7 Å². The van der Waals surface area contributed by atoms with Gasteiger partial charge in [-0.2, -0.15) is 0 Å². The lowest BCUT2D eigenvalue weighted by Crippen LogP contribution is -2.16. The molecule has 0 bridgehead atoms. The van der Waals surface area contributed by atoms with Crippen LogP contribution in [0.2, 0.25) is 0 Å². The van der Waals surface area contributed by atoms with E-state index < -0.39 is 30.1 Å². The molecule has 0 saturated heterocycles. The van der Waals surface area contributed by atoms with Crippen molar-refractivity contribution in [3.05, 3.63) is 22.7 Å². The predicted octanol–water partition coefficient (Wildman–Crippen LogP) is 1.14. The lowest BCUT2D eigenvalue weighted by molar-refractivity contribution is -0.140. The van der Waals surface area contributed by atoms with Gasteiger partial charge in [0, 0.05) is 5.92 Å². The zero-order valence-electron chi connectivity index (χ0n) is 10.3. The first-order valence-corrected chi connectivity index (χ1v) is 5.62. The van der Waals surface area contributed by atoms with Crippen molar-refractivity contribution in [3.8, 4) is 0 Å². The van der Waals surface area contributed by atoms with Crippen LogP contribution in [0.4, 0.5) is 0 Å². The summed E-state index contributed by atoms with van der Waals surface area (Å²) in [6, 6.07) is 0. The molecule has 2 rings (SSSR count). The average Bonchev–Trinajstić information content (AvgIpc) is 2.66. The van der Waals surface area contributed by atoms with E-state index in [9.17, 15) is 19.8 Å². The van der Waals surface area contributed by atoms with Gasteiger partial charge in [0.15, 0.2) is 12.2 Å². The monoisotopic (exact) mass is 254 g/mol. The lowest BCUT2D eigenvalue weighted by atomic mass is 9.91. The second-order valence-corrected chi connectivity index (χ2v) is 4.41. The fraction of sp³-hybridized carbons (Fsp3) is 0.500. The summed E-state index contributed by atoms with van der Waals surface area (Å²) in [5.41, 5.74) is -0.00907. The molecule has 0 aromatic rings. The largest absolute Gasteiger partial charge is 0.508 e. The smallest absolute Gasteiger partial charge is 0.338 e. The normalized spacial score (nSPS) is 29.7. The molecule has 2 N–H and O–H groups in total. The van der Waals surface area contributed by atoms with Crippen LogP contribution in [-0.2, 0) is 19.1 Å². The molecule has 98 valence electrons. The molecule has 0 aromatic carbocycles. The van der Waals surface area contributed by atoms with Crippen LogP contribution in [-0.4, -0.2) is 34.4 Å². The number of cyclic esters (lactones) is 2. The van der Waals surface area contributed by atoms with E-state index in [0.29, 0.717) is 0 Å². The van der Waals surface area contributed by atoms with E-state index in [-0.39, 0.29) is 22.7 Å². The molecule has 0 radical (unpaired) electrons. The summed E-state index contributed by atoms with van der Waals surface area (Å²) in [6.07, 6.45) is -1.46. The number of hydrogen-bond donors (Lipinski definition) is 2. The maximum absolute atomic E-state index is 11.6. The van der Waals surface area contributed by atoms with Gasteiger partial charge in [-0.05, 0) is 13.8 Å². The summed E-state index contributed by atoms with van der Waals surface area (Å²) in [6.45, 7) is 4.59. The molecule has 6 nitrogen and oxygen atoms in total. The number of esters is 2. The Hall–Kier alpha value is -1.98. The van der Waals surface area contributed by atoms with Crippen LogP contribution >= 0.6 is 0 Å². The van der Waals surface area contributed by atoms with Gasteiger partial charge in [0.2, 0.25) is 0 Å². The van der Waals surface area contributed by atoms with Crippen LogP contribution in [0.1, 0.15) is 20.8 Å². The molecule has 2 aliphatic rings. The number of ether oxygens (including phenoxy) is 2. The van der Waals surface area contributed by atoms with Crippen molar-refractivity contribution in [2.24, 2.45) is 5.92 Å². The maximum Gasteiger partial charge on any atom is 0.338 e. The third-order valence-corrected chi connectivity index (χ3v) is 3.20. The first kappa shape index (κ1) is 12.5. The Labute approximate surface area is 104 Å². The summed E-state index contributed by atoms with van der Waals surface area (Å²) in [4.78, 5) is 23.2. The minimum Gasteiger partial charge on any atom is -0.508 e. The SMILES string of the molecule is CC1OC(=O)C(C(C)C2=C(O)C(C)OC2=O)=C1O. The molecule has 2 atom stereocenters. The van der Waals surface area contributed by atoms with E-state index in [1.165, 1.54) is 20.8 Å². The number of hydrogen-bond acceptors (Lipinski definition) is 6. The Balaban J connectivity index is 2.42. The molecule has 0 aromatic heterocycles. The van der Waals surface area contributed by atoms with Crippen LogP contribution in [0, 0.1) is 5.92 Å². The third-order valence-electron chi connectivity index (χ3n) is 3.20. The van der Waals surface area contributed by atoms with Gasteiger partial charge in [-0.3, -0.25) is 0 Å². The van der Waals surface area contributed by atoms with E-state index in [2.05, 4.69) is 0 Å². The van der Waals surface area contributed by atoms with Crippen LogP contribution in [0.3, 0.4) is 0 Å². The first-order valence-electron chi connectivity index (χ1n) is 5.62. The zero-order chi connectivity index (χ0) is 13.6. The lowest BCUT2D eigenvalue weighted by Gasteiger charge is -2.10. The van der Waals surface area contributed by atoms with E-state index in [1.54, 1.807) is 0 Å². The average molecular weight is 254 g/mol. The quantitative estimate of drug-likeness (QED) is 0.718. The summed E-state index contributed by atoms with van der Waals surface area (Å²) < 4.78 is 9.69. The Kier molecular flexibility index (Phi) is 2.80. The number of aliphatic hydroxyl groups excluding tert-OH is 2. The van der Waals surface area contributed by atoms with Gasteiger partial charge in [-0.1, -0.05) is 6.92 Å². The second-order valence-electron chi connectivity index (χ2n) is 4.41. The molecule has 2 unspecified atom stereocenters. The molecule has 0 aliphatic carbocycles. The van der Waals surface area contributed by atoms with Gasteiger partial charge in [0.1, 0.15) is 11.5 Å². The molecule has 2 aliphatic heterocycles. The minimum atomic E-state index is -0.764. The summed E-state index contributed by atoms with van der Waals surface area (Å²) in [5, 5.41) is 19.5. The summed E-state index contributed by atoms with van der Waals surface area (Å²) in [5.74, 6) is -2.54. The van der Waals surface area contributed by atoms with Gasteiger partial charge in [-0.15, -0.1) is 0 Å². The van der Waals surface area contributed by atoms with Gasteiger partial charge < -0.3 is 19.7 Å². The fourth-order valence-electron chi connectivity index (χ4n) is 2.15. The molecule has 0 spiro atoms. The van der Waals surface area contributed by atoms with Gasteiger partial charge >= 0.3 is 11.9 Å². The van der Waals surface area contributed by atoms with Gasteiger partial charge in [0.05, 0.1) is 11.1 Å². The van der Waals surface area contributed by atoms with Crippen molar-refractivity contribution in [2.45, 2.75) is 33.0 Å². The maximum atomic E-state index is 11.6. The van der Waals surface area contributed by atoms with Crippen LogP contribution in [0.25, 0.3) is 0 Å². The number of aliphatic hydroxyl groups is 2. The van der Waals surface area contributed by atoms with Crippen molar-refractivity contribution in [2.75, 3.05) is 0 Å². The Bertz CT molecular complexity index is 443. The molecular weight excluding hydrogens is 240 g/mol. The van der Waals surface area contributed by atoms with Crippen molar-refractivity contribution in [1.29, 1.82) is 0 Å². The first-order chi connectivity index (χ1) is 8.34. The number of rotatable bonds is 2. The second kappa shape index (κ2) is 4.04. The molecule has 18 heavy (non-hydrogen) atoms. The molecule has 2 heterocycles. The predicted molar refractivity (Wildman–Crippen MR) is 59.6 cm³/mol. The molecule has 0 saturated carbocycles. The van der Waals surface area contributed by atoms with Crippen LogP contribution in [0.5, 0.6) is 0 Å². The highest BCUT2D eigenvalue weighted by Crippen LogP contribution is 2.35. The molecular formula is C12H14O6. The highest BCUT2D eigenvalue weighted by molar-refractivity contribution is 5.98. The van der Waals surface area contributed by atoms with Gasteiger partial charge in [-0.25, -0.2) is 9.59 Å². The van der Waals surface area contributed by atoms with Crippen molar-refractivity contribution < 1.29 is 29.3 Å². The minimum absolute atomic E-state index is 0.00454. The Morgan fingerprint density at radius 3 is 1.50 bits per heavy atom. The summed E-state index contributed by atoms with van der Waals surface area (Å²) >= 11 is 0. The fourth-order valence-corrected chi connectivity index (χ4v) is 2.15. The Morgan fingerprint density at radius 1 is 0.944 bits per heavy atom. The van der Waals surface area contributed by atoms with E-state index >= 15 is 0 Å². The highest BCUT2D eigenvalue weighted by Gasteiger charge is 2.42. The van der Waals surface area contributed by atoms with Gasteiger partial charge in [0.25, 0.3) is 0 Å². The zero-order valence-corrected chi connectivity index (χ0v) is 10.3. The molecule has 0 amide bonds. The number of carbonyl (C=O) groups is 2.